The number of hydrogen-bond acceptors (Lipinski definition) is 1. The molecular formula is C14H11ClN2S. The van der Waals surface area contributed by atoms with Gasteiger partial charge in [0.05, 0.1) is 6.04 Å². The fourth-order valence-electron chi connectivity index (χ4n) is 2.16. The molecule has 0 bridgehead atoms. The molecule has 1 atom stereocenters. The topological polar surface area (TPSA) is 24.1 Å². The molecule has 4 heteroatoms. The minimum atomic E-state index is 0.0761. The first-order valence-electron chi connectivity index (χ1n) is 5.66. The van der Waals surface area contributed by atoms with Crippen molar-refractivity contribution in [3.63, 3.8) is 0 Å². The second kappa shape index (κ2) is 4.59. The lowest BCUT2D eigenvalue weighted by atomic mass is 9.96. The Labute approximate surface area is 116 Å². The van der Waals surface area contributed by atoms with Crippen molar-refractivity contribution in [2.45, 2.75) is 6.04 Å². The molecule has 1 aliphatic heterocycles. The first-order valence-corrected chi connectivity index (χ1v) is 6.44. The molecule has 1 heterocycles. The van der Waals surface area contributed by atoms with Crippen molar-refractivity contribution < 1.29 is 0 Å². The van der Waals surface area contributed by atoms with Crippen LogP contribution in [-0.4, -0.2) is 5.11 Å². The van der Waals surface area contributed by atoms with Gasteiger partial charge < -0.3 is 10.6 Å². The van der Waals surface area contributed by atoms with Crippen LogP contribution < -0.4 is 10.6 Å². The van der Waals surface area contributed by atoms with Gasteiger partial charge in [0.1, 0.15) is 0 Å². The summed E-state index contributed by atoms with van der Waals surface area (Å²) in [7, 11) is 0. The van der Waals surface area contributed by atoms with Crippen LogP contribution in [0.4, 0.5) is 5.69 Å². The Kier molecular flexibility index (Phi) is 2.94. The van der Waals surface area contributed by atoms with Gasteiger partial charge in [0, 0.05) is 16.3 Å². The van der Waals surface area contributed by atoms with Crippen molar-refractivity contribution in [2.24, 2.45) is 0 Å². The number of anilines is 1. The van der Waals surface area contributed by atoms with E-state index in [1.165, 1.54) is 5.56 Å². The van der Waals surface area contributed by atoms with E-state index in [0.717, 1.165) is 11.3 Å². The van der Waals surface area contributed by atoms with Crippen molar-refractivity contribution in [2.75, 3.05) is 5.32 Å². The molecule has 1 aliphatic rings. The third-order valence-electron chi connectivity index (χ3n) is 2.98. The summed E-state index contributed by atoms with van der Waals surface area (Å²) >= 11 is 11.3. The number of nitrogens with one attached hydrogen (secondary N) is 2. The highest BCUT2D eigenvalue weighted by atomic mass is 35.5. The molecule has 2 nitrogen and oxygen atoms in total. The fourth-order valence-corrected chi connectivity index (χ4v) is 2.56. The van der Waals surface area contributed by atoms with Crippen molar-refractivity contribution in [3.05, 3.63) is 64.7 Å². The zero-order valence-corrected chi connectivity index (χ0v) is 11.1. The highest BCUT2D eigenvalue weighted by Gasteiger charge is 2.23. The number of fused-ring (bicyclic) bond motifs is 1. The van der Waals surface area contributed by atoms with Crippen LogP contribution in [0.5, 0.6) is 0 Å². The zero-order valence-electron chi connectivity index (χ0n) is 9.48. The lowest BCUT2D eigenvalue weighted by Crippen LogP contribution is -2.37. The highest BCUT2D eigenvalue weighted by Crippen LogP contribution is 2.33. The number of halogens is 1. The minimum Gasteiger partial charge on any atom is -0.351 e. The average molecular weight is 275 g/mol. The molecular weight excluding hydrogens is 264 g/mol. The largest absolute Gasteiger partial charge is 0.351 e. The van der Waals surface area contributed by atoms with Crippen LogP contribution in [0.3, 0.4) is 0 Å². The van der Waals surface area contributed by atoms with Crippen LogP contribution in [0.2, 0.25) is 5.02 Å². The molecule has 0 amide bonds. The maximum absolute atomic E-state index is 6.01. The van der Waals surface area contributed by atoms with Gasteiger partial charge in [-0.3, -0.25) is 0 Å². The molecule has 1 unspecified atom stereocenters. The van der Waals surface area contributed by atoms with E-state index in [4.69, 9.17) is 23.8 Å². The molecule has 0 radical (unpaired) electrons. The van der Waals surface area contributed by atoms with Gasteiger partial charge in [-0.05, 0) is 29.9 Å². The quantitative estimate of drug-likeness (QED) is 0.775. The molecule has 2 N–H and O–H groups in total. The fraction of sp³-hybridized carbons (Fsp3) is 0.0714. The minimum absolute atomic E-state index is 0.0761. The summed E-state index contributed by atoms with van der Waals surface area (Å²) in [5.41, 5.74) is 3.31. The lowest BCUT2D eigenvalue weighted by molar-refractivity contribution is 0.758. The average Bonchev–Trinajstić information content (AvgIpc) is 2.38. The summed E-state index contributed by atoms with van der Waals surface area (Å²) in [5, 5.41) is 7.75. The predicted octanol–water partition coefficient (Wildman–Crippen LogP) is 3.73. The van der Waals surface area contributed by atoms with E-state index in [9.17, 15) is 0 Å². The van der Waals surface area contributed by atoms with Crippen molar-refractivity contribution in [1.29, 1.82) is 0 Å². The molecule has 0 saturated heterocycles. The highest BCUT2D eigenvalue weighted by molar-refractivity contribution is 7.80. The first kappa shape index (κ1) is 11.5. The normalized spacial score (nSPS) is 17.6. The van der Waals surface area contributed by atoms with Gasteiger partial charge in [-0.15, -0.1) is 0 Å². The second-order valence-corrected chi connectivity index (χ2v) is 5.02. The monoisotopic (exact) mass is 274 g/mol. The molecule has 3 rings (SSSR count). The summed E-state index contributed by atoms with van der Waals surface area (Å²) in [4.78, 5) is 0. The molecule has 0 spiro atoms. The lowest BCUT2D eigenvalue weighted by Gasteiger charge is -2.29. The van der Waals surface area contributed by atoms with E-state index in [2.05, 4.69) is 22.8 Å². The summed E-state index contributed by atoms with van der Waals surface area (Å²) in [6.45, 7) is 0. The van der Waals surface area contributed by atoms with E-state index in [-0.39, 0.29) is 6.04 Å². The van der Waals surface area contributed by atoms with Crippen LogP contribution in [0.15, 0.2) is 48.5 Å². The maximum Gasteiger partial charge on any atom is 0.171 e. The van der Waals surface area contributed by atoms with E-state index in [1.807, 2.05) is 36.4 Å². The summed E-state index contributed by atoms with van der Waals surface area (Å²) in [5.74, 6) is 0. The standard InChI is InChI=1S/C14H11ClN2S/c15-10-6-7-11-12(8-10)16-14(18)17-13(11)9-4-2-1-3-5-9/h1-8,13H,(H2,16,17,18). The summed E-state index contributed by atoms with van der Waals surface area (Å²) in [6, 6.07) is 16.1. The van der Waals surface area contributed by atoms with Crippen LogP contribution >= 0.6 is 23.8 Å². The van der Waals surface area contributed by atoms with Gasteiger partial charge in [-0.2, -0.15) is 0 Å². The van der Waals surface area contributed by atoms with Gasteiger partial charge >= 0.3 is 0 Å². The SMILES string of the molecule is S=C1Nc2cc(Cl)ccc2C(c2ccccc2)N1. The number of benzene rings is 2. The Morgan fingerprint density at radius 3 is 2.61 bits per heavy atom. The number of thiocarbonyl (C=S) groups is 1. The third-order valence-corrected chi connectivity index (χ3v) is 3.44. The van der Waals surface area contributed by atoms with Crippen molar-refractivity contribution in [3.8, 4) is 0 Å². The molecule has 0 aromatic heterocycles. The first-order chi connectivity index (χ1) is 8.74. The molecule has 18 heavy (non-hydrogen) atoms. The predicted molar refractivity (Wildman–Crippen MR) is 79.1 cm³/mol. The zero-order chi connectivity index (χ0) is 12.5. The molecule has 2 aromatic carbocycles. The summed E-state index contributed by atoms with van der Waals surface area (Å²) in [6.07, 6.45) is 0. The molecule has 0 saturated carbocycles. The Bertz CT molecular complexity index is 598. The Hall–Kier alpha value is -1.58. The Morgan fingerprint density at radius 1 is 1.06 bits per heavy atom. The van der Waals surface area contributed by atoms with E-state index >= 15 is 0 Å². The van der Waals surface area contributed by atoms with E-state index < -0.39 is 0 Å². The molecule has 2 aromatic rings. The van der Waals surface area contributed by atoms with E-state index in [1.54, 1.807) is 0 Å². The van der Waals surface area contributed by atoms with Gasteiger partial charge in [0.2, 0.25) is 0 Å². The van der Waals surface area contributed by atoms with Crippen LogP contribution in [-0.2, 0) is 0 Å². The second-order valence-electron chi connectivity index (χ2n) is 4.17. The van der Waals surface area contributed by atoms with Crippen molar-refractivity contribution >= 4 is 34.6 Å². The number of rotatable bonds is 1. The molecule has 0 fully saturated rings. The van der Waals surface area contributed by atoms with Gasteiger partial charge in [-0.25, -0.2) is 0 Å². The van der Waals surface area contributed by atoms with Crippen LogP contribution in [0.25, 0.3) is 0 Å². The van der Waals surface area contributed by atoms with Gasteiger partial charge in [-0.1, -0.05) is 48.0 Å². The summed E-state index contributed by atoms with van der Waals surface area (Å²) < 4.78 is 0. The Balaban J connectivity index is 2.10. The van der Waals surface area contributed by atoms with Gasteiger partial charge in [0.15, 0.2) is 5.11 Å². The molecule has 90 valence electrons. The van der Waals surface area contributed by atoms with E-state index in [0.29, 0.717) is 10.1 Å². The number of hydrogen-bond donors (Lipinski definition) is 2. The van der Waals surface area contributed by atoms with Crippen LogP contribution in [0, 0.1) is 0 Å². The van der Waals surface area contributed by atoms with Gasteiger partial charge in [0.25, 0.3) is 0 Å². The smallest absolute Gasteiger partial charge is 0.171 e. The molecule has 0 aliphatic carbocycles. The van der Waals surface area contributed by atoms with Crippen LogP contribution in [0.1, 0.15) is 17.2 Å². The third kappa shape index (κ3) is 2.07. The Morgan fingerprint density at radius 2 is 1.83 bits per heavy atom. The maximum atomic E-state index is 6.01. The van der Waals surface area contributed by atoms with Crippen molar-refractivity contribution in [1.82, 2.24) is 5.32 Å².